The Kier molecular flexibility index (Phi) is 9.02. The molecular weight excluding hydrogens is 785 g/mol. The molecule has 4 heteroatoms. The van der Waals surface area contributed by atoms with Gasteiger partial charge in [0.15, 0.2) is 0 Å². The zero-order chi connectivity index (χ0) is 41.7. The van der Waals surface area contributed by atoms with Crippen LogP contribution in [0, 0.1) is 0 Å². The van der Waals surface area contributed by atoms with Gasteiger partial charge in [0.05, 0.1) is 10.2 Å². The molecule has 0 unspecified atom stereocenters. The van der Waals surface area contributed by atoms with E-state index in [1.807, 2.05) is 12.1 Å². The van der Waals surface area contributed by atoms with Crippen LogP contribution in [0.3, 0.4) is 0 Å². The normalized spacial score (nSPS) is 11.5. The molecule has 0 atom stereocenters. The van der Waals surface area contributed by atoms with Crippen molar-refractivity contribution >= 4 is 71.3 Å². The van der Waals surface area contributed by atoms with Gasteiger partial charge < -0.3 is 9.32 Å². The number of anilines is 3. The van der Waals surface area contributed by atoms with Crippen LogP contribution in [-0.2, 0) is 0 Å². The average Bonchev–Trinajstić information content (AvgIpc) is 3.96. The number of benzene rings is 10. The van der Waals surface area contributed by atoms with Gasteiger partial charge >= 0.3 is 0 Å². The maximum Gasteiger partial charge on any atom is 0.138 e. The quantitative estimate of drug-likeness (QED) is 0.153. The molecule has 12 aromatic rings. The van der Waals surface area contributed by atoms with E-state index >= 15 is 0 Å². The molecule has 0 aliphatic rings. The summed E-state index contributed by atoms with van der Waals surface area (Å²) in [5, 5.41) is 5.66. The first-order chi connectivity index (χ1) is 31.2. The number of thiazole rings is 1. The molecule has 63 heavy (non-hydrogen) atoms. The van der Waals surface area contributed by atoms with Crippen LogP contribution >= 0.6 is 11.3 Å². The van der Waals surface area contributed by atoms with Gasteiger partial charge in [0, 0.05) is 45.0 Å². The van der Waals surface area contributed by atoms with E-state index in [2.05, 4.69) is 223 Å². The second kappa shape index (κ2) is 15.4. The van der Waals surface area contributed by atoms with Crippen molar-refractivity contribution in [3.05, 3.63) is 231 Å². The summed E-state index contributed by atoms with van der Waals surface area (Å²) in [5.74, 6) is 0. The zero-order valence-electron chi connectivity index (χ0n) is 34.2. The van der Waals surface area contributed by atoms with Crippen molar-refractivity contribution in [1.82, 2.24) is 4.98 Å². The van der Waals surface area contributed by atoms with E-state index < -0.39 is 0 Å². The average molecular weight is 823 g/mol. The van der Waals surface area contributed by atoms with Crippen molar-refractivity contribution in [2.45, 2.75) is 0 Å². The van der Waals surface area contributed by atoms with Crippen LogP contribution < -0.4 is 4.90 Å². The second-order valence-electron chi connectivity index (χ2n) is 15.9. The Morgan fingerprint density at radius 3 is 1.81 bits per heavy atom. The summed E-state index contributed by atoms with van der Waals surface area (Å²) in [5.41, 5.74) is 16.2. The van der Waals surface area contributed by atoms with Crippen LogP contribution in [0.2, 0.25) is 0 Å². The maximum atomic E-state index is 6.53. The SMILES string of the molecule is c1ccc(-c2cccc(N(c3ccc(-c4c5sc(-c6ccccc6)nc5cc5oc6ccccc6c45)cc3)c3ccc(-c4ccc5ccccc5c4)c(-c4ccccc4)c3)c2)cc1. The lowest BCUT2D eigenvalue weighted by atomic mass is 9.92. The largest absolute Gasteiger partial charge is 0.456 e. The lowest BCUT2D eigenvalue weighted by Crippen LogP contribution is -2.10. The topological polar surface area (TPSA) is 29.3 Å². The van der Waals surface area contributed by atoms with Crippen LogP contribution in [0.4, 0.5) is 17.1 Å². The minimum absolute atomic E-state index is 0.840. The smallest absolute Gasteiger partial charge is 0.138 e. The number of fused-ring (bicyclic) bond motifs is 5. The maximum absolute atomic E-state index is 6.53. The van der Waals surface area contributed by atoms with Crippen molar-refractivity contribution in [3.63, 3.8) is 0 Å². The number of nitrogens with zero attached hydrogens (tertiary/aromatic N) is 2. The molecule has 0 amide bonds. The van der Waals surface area contributed by atoms with Gasteiger partial charge in [-0.3, -0.25) is 0 Å². The highest BCUT2D eigenvalue weighted by Gasteiger charge is 2.22. The third-order valence-electron chi connectivity index (χ3n) is 12.1. The predicted octanol–water partition coefficient (Wildman–Crippen LogP) is 17.2. The van der Waals surface area contributed by atoms with E-state index in [1.54, 1.807) is 11.3 Å². The monoisotopic (exact) mass is 822 g/mol. The first kappa shape index (κ1) is 36.8. The summed E-state index contributed by atoms with van der Waals surface area (Å²) < 4.78 is 7.67. The molecule has 0 bridgehead atoms. The van der Waals surface area contributed by atoms with Crippen LogP contribution in [0.5, 0.6) is 0 Å². The molecule has 0 aliphatic heterocycles. The van der Waals surface area contributed by atoms with E-state index in [0.717, 1.165) is 76.5 Å². The molecule has 12 rings (SSSR count). The number of hydrogen-bond donors (Lipinski definition) is 0. The third-order valence-corrected chi connectivity index (χ3v) is 13.2. The number of hydrogen-bond acceptors (Lipinski definition) is 4. The van der Waals surface area contributed by atoms with Gasteiger partial charge in [0.2, 0.25) is 0 Å². The van der Waals surface area contributed by atoms with Gasteiger partial charge in [0.1, 0.15) is 16.2 Å². The molecule has 0 aliphatic carbocycles. The van der Waals surface area contributed by atoms with Crippen molar-refractivity contribution < 1.29 is 4.42 Å². The Morgan fingerprint density at radius 1 is 0.381 bits per heavy atom. The summed E-state index contributed by atoms with van der Waals surface area (Å²) in [6.45, 7) is 0. The highest BCUT2D eigenvalue weighted by atomic mass is 32.1. The molecule has 10 aromatic carbocycles. The molecule has 0 fully saturated rings. The van der Waals surface area contributed by atoms with E-state index in [1.165, 1.54) is 38.6 Å². The zero-order valence-corrected chi connectivity index (χ0v) is 35.0. The van der Waals surface area contributed by atoms with Crippen LogP contribution in [0.1, 0.15) is 0 Å². The fourth-order valence-electron chi connectivity index (χ4n) is 9.07. The summed E-state index contributed by atoms with van der Waals surface area (Å²) >= 11 is 1.74. The predicted molar refractivity (Wildman–Crippen MR) is 266 cm³/mol. The van der Waals surface area contributed by atoms with Crippen molar-refractivity contribution in [3.8, 4) is 55.1 Å². The molecular formula is C59H38N2OS. The highest BCUT2D eigenvalue weighted by Crippen LogP contribution is 2.47. The van der Waals surface area contributed by atoms with E-state index in [4.69, 9.17) is 9.40 Å². The molecule has 3 nitrogen and oxygen atoms in total. The first-order valence-electron chi connectivity index (χ1n) is 21.3. The fourth-order valence-corrected chi connectivity index (χ4v) is 10.2. The van der Waals surface area contributed by atoms with Crippen molar-refractivity contribution in [2.24, 2.45) is 0 Å². The Balaban J connectivity index is 1.05. The van der Waals surface area contributed by atoms with Gasteiger partial charge in [-0.1, -0.05) is 176 Å². The Hall–Kier alpha value is -8.05. The lowest BCUT2D eigenvalue weighted by Gasteiger charge is -2.27. The van der Waals surface area contributed by atoms with Gasteiger partial charge in [-0.15, -0.1) is 11.3 Å². The standard InChI is InChI=1S/C59H38N2OS/c1-4-15-39(16-5-1)45-23-14-24-48(36-45)61(49-33-34-50(52(37-49)41-18-6-2-7-19-41)46-28-27-40-17-10-11-22-44(40)35-46)47-31-29-42(30-32-47)56-57-51-25-12-13-26-54(51)62-55(57)38-53-58(56)63-59(60-53)43-20-8-3-9-21-43/h1-38H. The highest BCUT2D eigenvalue weighted by molar-refractivity contribution is 7.22. The summed E-state index contributed by atoms with van der Waals surface area (Å²) in [6.07, 6.45) is 0. The van der Waals surface area contributed by atoms with Gasteiger partial charge in [-0.05, 0) is 98.2 Å². The van der Waals surface area contributed by atoms with Gasteiger partial charge in [-0.2, -0.15) is 0 Å². The molecule has 0 N–H and O–H groups in total. The molecule has 296 valence electrons. The van der Waals surface area contributed by atoms with Crippen LogP contribution in [-0.4, -0.2) is 4.98 Å². The Bertz CT molecular complexity index is 3610. The number of furan rings is 1. The van der Waals surface area contributed by atoms with Gasteiger partial charge in [-0.25, -0.2) is 4.98 Å². The Labute approximate surface area is 369 Å². The minimum Gasteiger partial charge on any atom is -0.456 e. The first-order valence-corrected chi connectivity index (χ1v) is 22.1. The minimum atomic E-state index is 0.840. The Morgan fingerprint density at radius 2 is 1.02 bits per heavy atom. The second-order valence-corrected chi connectivity index (χ2v) is 16.9. The molecule has 2 aromatic heterocycles. The van der Waals surface area contributed by atoms with Crippen molar-refractivity contribution in [1.29, 1.82) is 0 Å². The van der Waals surface area contributed by atoms with E-state index in [0.29, 0.717) is 0 Å². The number of rotatable bonds is 8. The number of aromatic nitrogens is 1. The molecule has 2 heterocycles. The summed E-state index contributed by atoms with van der Waals surface area (Å²) in [6, 6.07) is 82.5. The molecule has 0 spiro atoms. The van der Waals surface area contributed by atoms with E-state index in [-0.39, 0.29) is 0 Å². The van der Waals surface area contributed by atoms with E-state index in [9.17, 15) is 0 Å². The van der Waals surface area contributed by atoms with Crippen molar-refractivity contribution in [2.75, 3.05) is 4.90 Å². The molecule has 0 saturated heterocycles. The lowest BCUT2D eigenvalue weighted by molar-refractivity contribution is 0.669. The van der Waals surface area contributed by atoms with Gasteiger partial charge in [0.25, 0.3) is 0 Å². The molecule has 0 radical (unpaired) electrons. The molecule has 0 saturated carbocycles. The summed E-state index contributed by atoms with van der Waals surface area (Å²) in [7, 11) is 0. The third kappa shape index (κ3) is 6.65. The number of para-hydroxylation sites is 1. The summed E-state index contributed by atoms with van der Waals surface area (Å²) in [4.78, 5) is 7.56. The van der Waals surface area contributed by atoms with Crippen LogP contribution in [0.15, 0.2) is 235 Å². The van der Waals surface area contributed by atoms with Crippen LogP contribution in [0.25, 0.3) is 98.0 Å². The fraction of sp³-hybridized carbons (Fsp3) is 0.